The topological polar surface area (TPSA) is 23.5 Å². The molecule has 2 nitrogen and oxygen atoms in total. The number of likely N-dealkylation sites (tertiary alicyclic amines) is 1. The Morgan fingerprint density at radius 1 is 1.21 bits per heavy atom. The van der Waals surface area contributed by atoms with Crippen LogP contribution in [0.4, 0.5) is 0 Å². The third kappa shape index (κ3) is 2.48. The smallest absolute Gasteiger partial charge is 0.0774 e. The second kappa shape index (κ2) is 4.19. The highest BCUT2D eigenvalue weighted by Crippen LogP contribution is 2.32. The van der Waals surface area contributed by atoms with Crippen molar-refractivity contribution in [2.75, 3.05) is 19.6 Å². The molecule has 1 saturated carbocycles. The molecule has 82 valence electrons. The van der Waals surface area contributed by atoms with Gasteiger partial charge in [-0.2, -0.15) is 0 Å². The monoisotopic (exact) mass is 197 g/mol. The van der Waals surface area contributed by atoms with E-state index in [-0.39, 0.29) is 5.60 Å². The molecule has 0 spiro atoms. The van der Waals surface area contributed by atoms with Gasteiger partial charge in [-0.3, -0.25) is 0 Å². The van der Waals surface area contributed by atoms with Crippen LogP contribution in [0.25, 0.3) is 0 Å². The van der Waals surface area contributed by atoms with Gasteiger partial charge in [0, 0.05) is 6.54 Å². The van der Waals surface area contributed by atoms with E-state index in [1.807, 2.05) is 0 Å². The fraction of sp³-hybridized carbons (Fsp3) is 1.00. The van der Waals surface area contributed by atoms with E-state index >= 15 is 0 Å². The summed E-state index contributed by atoms with van der Waals surface area (Å²) in [7, 11) is 0. The highest BCUT2D eigenvalue weighted by molar-refractivity contribution is 4.88. The Morgan fingerprint density at radius 3 is 2.36 bits per heavy atom. The van der Waals surface area contributed by atoms with E-state index in [1.54, 1.807) is 0 Å². The lowest BCUT2D eigenvalue weighted by Gasteiger charge is -2.37. The molecule has 1 heterocycles. The van der Waals surface area contributed by atoms with E-state index in [0.717, 1.165) is 25.3 Å². The SMILES string of the molecule is CC1CCC(O)(CN2CCCC2)CC1. The minimum Gasteiger partial charge on any atom is -0.389 e. The average molecular weight is 197 g/mol. The molecule has 2 aliphatic rings. The Balaban J connectivity index is 1.82. The number of hydrogen-bond acceptors (Lipinski definition) is 2. The summed E-state index contributed by atoms with van der Waals surface area (Å²) in [6, 6.07) is 0. The first-order chi connectivity index (χ1) is 6.68. The van der Waals surface area contributed by atoms with Gasteiger partial charge in [-0.05, 0) is 57.5 Å². The summed E-state index contributed by atoms with van der Waals surface area (Å²) < 4.78 is 0. The van der Waals surface area contributed by atoms with Gasteiger partial charge < -0.3 is 10.0 Å². The molecule has 0 amide bonds. The Labute approximate surface area is 87.3 Å². The predicted molar refractivity (Wildman–Crippen MR) is 58.3 cm³/mol. The van der Waals surface area contributed by atoms with Crippen LogP contribution in [-0.2, 0) is 0 Å². The van der Waals surface area contributed by atoms with Crippen molar-refractivity contribution in [2.45, 2.75) is 51.0 Å². The minimum atomic E-state index is -0.350. The molecule has 0 aromatic carbocycles. The van der Waals surface area contributed by atoms with Crippen molar-refractivity contribution in [3.8, 4) is 0 Å². The second-order valence-corrected chi connectivity index (χ2v) is 5.39. The van der Waals surface area contributed by atoms with Gasteiger partial charge in [0.15, 0.2) is 0 Å². The van der Waals surface area contributed by atoms with Gasteiger partial charge in [0.25, 0.3) is 0 Å². The van der Waals surface area contributed by atoms with Crippen molar-refractivity contribution >= 4 is 0 Å². The quantitative estimate of drug-likeness (QED) is 0.732. The molecule has 14 heavy (non-hydrogen) atoms. The summed E-state index contributed by atoms with van der Waals surface area (Å²) in [4.78, 5) is 2.44. The van der Waals surface area contributed by atoms with Gasteiger partial charge in [0.2, 0.25) is 0 Å². The molecule has 0 atom stereocenters. The summed E-state index contributed by atoms with van der Waals surface area (Å²) in [5.41, 5.74) is -0.350. The Bertz CT molecular complexity index is 179. The normalized spacial score (nSPS) is 40.3. The number of β-amino-alcohol motifs (C(OH)–C–C–N with tert-alkyl or cyclic N) is 1. The van der Waals surface area contributed by atoms with Gasteiger partial charge in [-0.25, -0.2) is 0 Å². The van der Waals surface area contributed by atoms with Crippen molar-refractivity contribution in [1.29, 1.82) is 0 Å². The molecule has 1 N–H and O–H groups in total. The van der Waals surface area contributed by atoms with E-state index in [0.29, 0.717) is 0 Å². The molecule has 1 saturated heterocycles. The maximum atomic E-state index is 10.4. The molecular weight excluding hydrogens is 174 g/mol. The first-order valence-corrected chi connectivity index (χ1v) is 6.13. The van der Waals surface area contributed by atoms with Crippen molar-refractivity contribution in [1.82, 2.24) is 4.90 Å². The Kier molecular flexibility index (Phi) is 3.13. The van der Waals surface area contributed by atoms with Crippen LogP contribution < -0.4 is 0 Å². The standard InChI is InChI=1S/C12H23NO/c1-11-4-6-12(14,7-5-11)10-13-8-2-3-9-13/h11,14H,2-10H2,1H3. The van der Waals surface area contributed by atoms with Gasteiger partial charge in [0.1, 0.15) is 0 Å². The van der Waals surface area contributed by atoms with Crippen LogP contribution in [0.2, 0.25) is 0 Å². The Hall–Kier alpha value is -0.0800. The third-order valence-electron chi connectivity index (χ3n) is 3.92. The minimum absolute atomic E-state index is 0.350. The molecule has 0 radical (unpaired) electrons. The molecule has 2 fully saturated rings. The van der Waals surface area contributed by atoms with Gasteiger partial charge in [-0.15, -0.1) is 0 Å². The fourth-order valence-electron chi connectivity index (χ4n) is 2.81. The first kappa shape index (κ1) is 10.4. The molecular formula is C12H23NO. The van der Waals surface area contributed by atoms with Crippen LogP contribution in [0, 0.1) is 5.92 Å². The number of aliphatic hydroxyl groups is 1. The largest absolute Gasteiger partial charge is 0.389 e. The summed E-state index contributed by atoms with van der Waals surface area (Å²) in [5, 5.41) is 10.4. The van der Waals surface area contributed by atoms with Crippen LogP contribution in [0.3, 0.4) is 0 Å². The molecule has 2 rings (SSSR count). The molecule has 0 aromatic heterocycles. The zero-order chi connectivity index (χ0) is 10.0. The highest BCUT2D eigenvalue weighted by atomic mass is 16.3. The van der Waals surface area contributed by atoms with E-state index < -0.39 is 0 Å². The summed E-state index contributed by atoms with van der Waals surface area (Å²) >= 11 is 0. The fourth-order valence-corrected chi connectivity index (χ4v) is 2.81. The molecule has 1 aliphatic heterocycles. The molecule has 2 heteroatoms. The van der Waals surface area contributed by atoms with Crippen molar-refractivity contribution in [3.63, 3.8) is 0 Å². The summed E-state index contributed by atoms with van der Waals surface area (Å²) in [5.74, 6) is 0.828. The highest BCUT2D eigenvalue weighted by Gasteiger charge is 2.33. The lowest BCUT2D eigenvalue weighted by Crippen LogP contribution is -2.44. The van der Waals surface area contributed by atoms with Crippen molar-refractivity contribution < 1.29 is 5.11 Å². The second-order valence-electron chi connectivity index (χ2n) is 5.39. The maximum absolute atomic E-state index is 10.4. The summed E-state index contributed by atoms with van der Waals surface area (Å²) in [6.45, 7) is 5.64. The lowest BCUT2D eigenvalue weighted by atomic mass is 9.79. The van der Waals surface area contributed by atoms with E-state index in [4.69, 9.17) is 0 Å². The summed E-state index contributed by atoms with van der Waals surface area (Å²) in [6.07, 6.45) is 7.11. The van der Waals surface area contributed by atoms with Gasteiger partial charge in [0.05, 0.1) is 5.60 Å². The predicted octanol–water partition coefficient (Wildman–Crippen LogP) is 2.02. The number of rotatable bonds is 2. The molecule has 0 unspecified atom stereocenters. The van der Waals surface area contributed by atoms with Crippen LogP contribution in [0.1, 0.15) is 45.4 Å². The van der Waals surface area contributed by atoms with Gasteiger partial charge >= 0.3 is 0 Å². The number of hydrogen-bond donors (Lipinski definition) is 1. The average Bonchev–Trinajstić information content (AvgIpc) is 2.63. The molecule has 0 aromatic rings. The van der Waals surface area contributed by atoms with Crippen molar-refractivity contribution in [3.05, 3.63) is 0 Å². The third-order valence-corrected chi connectivity index (χ3v) is 3.92. The molecule has 0 bridgehead atoms. The van der Waals surface area contributed by atoms with Crippen molar-refractivity contribution in [2.24, 2.45) is 5.92 Å². The van der Waals surface area contributed by atoms with E-state index in [9.17, 15) is 5.11 Å². The first-order valence-electron chi connectivity index (χ1n) is 6.13. The Morgan fingerprint density at radius 2 is 1.79 bits per heavy atom. The van der Waals surface area contributed by atoms with E-state index in [1.165, 1.54) is 38.8 Å². The van der Waals surface area contributed by atoms with Crippen LogP contribution in [-0.4, -0.2) is 35.2 Å². The lowest BCUT2D eigenvalue weighted by molar-refractivity contribution is -0.0306. The van der Waals surface area contributed by atoms with E-state index in [2.05, 4.69) is 11.8 Å². The van der Waals surface area contributed by atoms with Crippen LogP contribution >= 0.6 is 0 Å². The zero-order valence-corrected chi connectivity index (χ0v) is 9.34. The maximum Gasteiger partial charge on any atom is 0.0774 e. The van der Waals surface area contributed by atoms with Crippen LogP contribution in [0.5, 0.6) is 0 Å². The molecule has 1 aliphatic carbocycles. The number of nitrogens with zero attached hydrogens (tertiary/aromatic N) is 1. The van der Waals surface area contributed by atoms with Gasteiger partial charge in [-0.1, -0.05) is 6.92 Å². The zero-order valence-electron chi connectivity index (χ0n) is 9.34. The van der Waals surface area contributed by atoms with Crippen LogP contribution in [0.15, 0.2) is 0 Å².